The summed E-state index contributed by atoms with van der Waals surface area (Å²) in [5, 5.41) is 10.9. The van der Waals surface area contributed by atoms with Gasteiger partial charge < -0.3 is 14.2 Å². The Hall–Kier alpha value is -4.50. The van der Waals surface area contributed by atoms with Crippen molar-refractivity contribution in [2.75, 3.05) is 7.11 Å². The van der Waals surface area contributed by atoms with Crippen LogP contribution in [0.4, 0.5) is 5.69 Å². The zero-order valence-electron chi connectivity index (χ0n) is 17.6. The number of nitrogens with zero attached hydrogens (tertiary/aromatic N) is 2. The van der Waals surface area contributed by atoms with Gasteiger partial charge in [0.05, 0.1) is 22.6 Å². The van der Waals surface area contributed by atoms with E-state index in [2.05, 4.69) is 4.99 Å². The van der Waals surface area contributed by atoms with Crippen molar-refractivity contribution < 1.29 is 28.7 Å². The molecule has 0 unspecified atom stereocenters. The SMILES string of the molecule is COc1cc(/C=C2\N=C(c3ccc([N+](=O)[O-])cc3)OC2=O)cc(Cl)c1OC(=O)c1ccccc1. The molecular formula is C24H15ClN2O7. The molecule has 0 atom stereocenters. The van der Waals surface area contributed by atoms with Gasteiger partial charge in [0.15, 0.2) is 17.2 Å². The van der Waals surface area contributed by atoms with Crippen molar-refractivity contribution in [3.8, 4) is 11.5 Å². The number of carbonyl (C=O) groups excluding carboxylic acids is 2. The van der Waals surface area contributed by atoms with Crippen LogP contribution in [0.2, 0.25) is 5.02 Å². The van der Waals surface area contributed by atoms with Gasteiger partial charge in [-0.05, 0) is 48.0 Å². The largest absolute Gasteiger partial charge is 0.493 e. The average Bonchev–Trinajstić information content (AvgIpc) is 3.21. The monoisotopic (exact) mass is 478 g/mol. The number of nitro groups is 1. The van der Waals surface area contributed by atoms with Gasteiger partial charge >= 0.3 is 11.9 Å². The predicted octanol–water partition coefficient (Wildman–Crippen LogP) is 4.82. The number of rotatable bonds is 6. The Morgan fingerprint density at radius 1 is 1.12 bits per heavy atom. The van der Waals surface area contributed by atoms with E-state index in [1.165, 1.54) is 49.6 Å². The van der Waals surface area contributed by atoms with Gasteiger partial charge in [-0.15, -0.1) is 0 Å². The fraction of sp³-hybridized carbons (Fsp3) is 0.0417. The summed E-state index contributed by atoms with van der Waals surface area (Å²) in [5.41, 5.74) is 1.08. The number of ether oxygens (including phenoxy) is 3. The summed E-state index contributed by atoms with van der Waals surface area (Å²) in [7, 11) is 1.39. The fourth-order valence-electron chi connectivity index (χ4n) is 3.06. The van der Waals surface area contributed by atoms with Crippen LogP contribution in [0, 0.1) is 10.1 Å². The molecule has 4 rings (SSSR count). The molecule has 10 heteroatoms. The minimum absolute atomic E-state index is 0.0117. The second-order valence-electron chi connectivity index (χ2n) is 6.93. The summed E-state index contributed by atoms with van der Waals surface area (Å²) in [4.78, 5) is 39.2. The van der Waals surface area contributed by atoms with Crippen molar-refractivity contribution in [2.24, 2.45) is 4.99 Å². The van der Waals surface area contributed by atoms with Crippen LogP contribution in [-0.2, 0) is 9.53 Å². The average molecular weight is 479 g/mol. The van der Waals surface area contributed by atoms with Gasteiger partial charge in [-0.25, -0.2) is 14.6 Å². The molecule has 0 saturated heterocycles. The molecule has 0 amide bonds. The lowest BCUT2D eigenvalue weighted by molar-refractivity contribution is -0.384. The zero-order chi connectivity index (χ0) is 24.2. The number of cyclic esters (lactones) is 1. The highest BCUT2D eigenvalue weighted by Gasteiger charge is 2.25. The summed E-state index contributed by atoms with van der Waals surface area (Å²) >= 11 is 6.34. The van der Waals surface area contributed by atoms with Crippen LogP contribution >= 0.6 is 11.6 Å². The van der Waals surface area contributed by atoms with Crippen molar-refractivity contribution >= 4 is 41.2 Å². The minimum Gasteiger partial charge on any atom is -0.493 e. The molecule has 1 heterocycles. The lowest BCUT2D eigenvalue weighted by Gasteiger charge is -2.12. The number of non-ortho nitro benzene ring substituents is 1. The first-order valence-electron chi connectivity index (χ1n) is 9.78. The first-order chi connectivity index (χ1) is 16.4. The lowest BCUT2D eigenvalue weighted by Crippen LogP contribution is -2.09. The molecule has 34 heavy (non-hydrogen) atoms. The normalized spacial score (nSPS) is 13.9. The van der Waals surface area contributed by atoms with Crippen LogP contribution in [0.3, 0.4) is 0 Å². The Balaban J connectivity index is 1.61. The molecule has 0 saturated carbocycles. The molecule has 0 bridgehead atoms. The number of benzene rings is 3. The molecule has 1 aliphatic heterocycles. The maximum absolute atomic E-state index is 12.4. The van der Waals surface area contributed by atoms with Crippen LogP contribution in [0.1, 0.15) is 21.5 Å². The van der Waals surface area contributed by atoms with Crippen LogP contribution < -0.4 is 9.47 Å². The topological polar surface area (TPSA) is 117 Å². The fourth-order valence-corrected chi connectivity index (χ4v) is 3.32. The molecule has 0 aromatic heterocycles. The first kappa shape index (κ1) is 22.7. The Morgan fingerprint density at radius 3 is 2.47 bits per heavy atom. The maximum atomic E-state index is 12.4. The van der Waals surface area contributed by atoms with Gasteiger partial charge in [0.2, 0.25) is 5.90 Å². The van der Waals surface area contributed by atoms with Gasteiger partial charge in [0.1, 0.15) is 0 Å². The number of esters is 2. The summed E-state index contributed by atoms with van der Waals surface area (Å²) in [5.74, 6) is -1.09. The zero-order valence-corrected chi connectivity index (χ0v) is 18.3. The van der Waals surface area contributed by atoms with E-state index in [0.717, 1.165) is 0 Å². The highest BCUT2D eigenvalue weighted by Crippen LogP contribution is 2.38. The molecule has 0 radical (unpaired) electrons. The predicted molar refractivity (Wildman–Crippen MR) is 123 cm³/mol. The number of nitro benzene ring substituents is 1. The maximum Gasteiger partial charge on any atom is 0.363 e. The number of halogens is 1. The Labute approximate surface area is 198 Å². The van der Waals surface area contributed by atoms with Crippen LogP contribution in [0.15, 0.2) is 77.4 Å². The Kier molecular flexibility index (Phi) is 6.37. The van der Waals surface area contributed by atoms with E-state index in [0.29, 0.717) is 16.7 Å². The van der Waals surface area contributed by atoms with Crippen molar-refractivity contribution in [3.05, 3.63) is 104 Å². The van der Waals surface area contributed by atoms with E-state index >= 15 is 0 Å². The lowest BCUT2D eigenvalue weighted by atomic mass is 10.1. The van der Waals surface area contributed by atoms with E-state index in [9.17, 15) is 19.7 Å². The molecule has 170 valence electrons. The number of carbonyl (C=O) groups is 2. The number of hydrogen-bond donors (Lipinski definition) is 0. The third-order valence-corrected chi connectivity index (χ3v) is 4.99. The second kappa shape index (κ2) is 9.55. The molecule has 0 spiro atoms. The summed E-state index contributed by atoms with van der Waals surface area (Å²) in [6.45, 7) is 0. The van der Waals surface area contributed by atoms with E-state index < -0.39 is 16.9 Å². The van der Waals surface area contributed by atoms with E-state index in [1.807, 2.05) is 0 Å². The first-order valence-corrected chi connectivity index (χ1v) is 10.2. The number of methoxy groups -OCH3 is 1. The van der Waals surface area contributed by atoms with Crippen LogP contribution in [0.5, 0.6) is 11.5 Å². The molecule has 3 aromatic rings. The quantitative estimate of drug-likeness (QED) is 0.164. The van der Waals surface area contributed by atoms with Crippen LogP contribution in [0.25, 0.3) is 6.08 Å². The van der Waals surface area contributed by atoms with Crippen LogP contribution in [-0.4, -0.2) is 29.9 Å². The van der Waals surface area contributed by atoms with E-state index in [-0.39, 0.29) is 33.8 Å². The highest BCUT2D eigenvalue weighted by atomic mass is 35.5. The Bertz CT molecular complexity index is 1350. The van der Waals surface area contributed by atoms with Gasteiger partial charge in [-0.3, -0.25) is 10.1 Å². The number of aliphatic imine (C=N–C) groups is 1. The second-order valence-corrected chi connectivity index (χ2v) is 7.34. The third kappa shape index (κ3) is 4.79. The highest BCUT2D eigenvalue weighted by molar-refractivity contribution is 6.32. The van der Waals surface area contributed by atoms with Crippen molar-refractivity contribution in [1.82, 2.24) is 0 Å². The molecule has 0 N–H and O–H groups in total. The van der Waals surface area contributed by atoms with E-state index in [1.54, 1.807) is 30.3 Å². The Morgan fingerprint density at radius 2 is 1.82 bits per heavy atom. The van der Waals surface area contributed by atoms with Gasteiger partial charge in [-0.1, -0.05) is 29.8 Å². The molecular weight excluding hydrogens is 464 g/mol. The van der Waals surface area contributed by atoms with Crippen molar-refractivity contribution in [3.63, 3.8) is 0 Å². The summed E-state index contributed by atoms with van der Waals surface area (Å²) in [6.07, 6.45) is 1.43. The van der Waals surface area contributed by atoms with E-state index in [4.69, 9.17) is 25.8 Å². The third-order valence-electron chi connectivity index (χ3n) is 4.70. The summed E-state index contributed by atoms with van der Waals surface area (Å²) in [6, 6.07) is 16.8. The smallest absolute Gasteiger partial charge is 0.363 e. The molecule has 3 aromatic carbocycles. The van der Waals surface area contributed by atoms with Crippen molar-refractivity contribution in [2.45, 2.75) is 0 Å². The van der Waals surface area contributed by atoms with Gasteiger partial charge in [0, 0.05) is 17.7 Å². The molecule has 0 aliphatic carbocycles. The number of hydrogen-bond acceptors (Lipinski definition) is 8. The van der Waals surface area contributed by atoms with Gasteiger partial charge in [-0.2, -0.15) is 0 Å². The van der Waals surface area contributed by atoms with Crippen molar-refractivity contribution in [1.29, 1.82) is 0 Å². The molecule has 0 fully saturated rings. The molecule has 1 aliphatic rings. The standard InChI is InChI=1S/C24H15ClN2O7/c1-32-20-13-14(11-18(25)21(20)33-23(28)16-5-3-2-4-6-16)12-19-24(29)34-22(26-19)15-7-9-17(10-8-15)27(30)31/h2-13H,1H3/b19-12-. The summed E-state index contributed by atoms with van der Waals surface area (Å²) < 4.78 is 15.9. The minimum atomic E-state index is -0.706. The van der Waals surface area contributed by atoms with Gasteiger partial charge in [0.25, 0.3) is 5.69 Å². The molecule has 9 nitrogen and oxygen atoms in total.